The van der Waals surface area contributed by atoms with Crippen molar-refractivity contribution in [3.8, 4) is 17.2 Å². The van der Waals surface area contributed by atoms with E-state index < -0.39 is 0 Å². The first-order valence-corrected chi connectivity index (χ1v) is 8.84. The van der Waals surface area contributed by atoms with Gasteiger partial charge in [-0.25, -0.2) is 5.43 Å². The van der Waals surface area contributed by atoms with Gasteiger partial charge in [-0.1, -0.05) is 26.0 Å². The van der Waals surface area contributed by atoms with Gasteiger partial charge in [0.15, 0.2) is 6.61 Å². The lowest BCUT2D eigenvalue weighted by molar-refractivity contribution is -0.123. The Labute approximate surface area is 160 Å². The average molecular weight is 370 g/mol. The molecule has 27 heavy (non-hydrogen) atoms. The number of nitrogens with one attached hydrogen (secondary N) is 1. The summed E-state index contributed by atoms with van der Waals surface area (Å²) in [5, 5.41) is 3.95. The van der Waals surface area contributed by atoms with Crippen LogP contribution in [0, 0.1) is 0 Å². The quantitative estimate of drug-likeness (QED) is 0.539. The highest BCUT2D eigenvalue weighted by molar-refractivity contribution is 5.86. The molecule has 2 rings (SSSR count). The number of benzene rings is 2. The topological polar surface area (TPSA) is 69.2 Å². The van der Waals surface area contributed by atoms with Gasteiger partial charge in [-0.3, -0.25) is 4.79 Å². The molecule has 0 saturated carbocycles. The molecule has 0 fully saturated rings. The van der Waals surface area contributed by atoms with E-state index in [1.165, 1.54) is 11.8 Å². The SMILES string of the molecule is CC[C@@H](C)c1ccc(OCC(=O)N/N=C/c2cc(OC)ccc2OC)cc1. The van der Waals surface area contributed by atoms with Crippen LogP contribution in [0.3, 0.4) is 0 Å². The number of hydrogen-bond acceptors (Lipinski definition) is 5. The van der Waals surface area contributed by atoms with Crippen LogP contribution >= 0.6 is 0 Å². The van der Waals surface area contributed by atoms with Crippen LogP contribution < -0.4 is 19.6 Å². The third-order valence-electron chi connectivity index (χ3n) is 4.26. The van der Waals surface area contributed by atoms with E-state index in [-0.39, 0.29) is 12.5 Å². The van der Waals surface area contributed by atoms with Crippen molar-refractivity contribution in [3.63, 3.8) is 0 Å². The van der Waals surface area contributed by atoms with Crippen LogP contribution in [0.25, 0.3) is 0 Å². The molecule has 1 N–H and O–H groups in total. The Morgan fingerprint density at radius 2 is 1.81 bits per heavy atom. The molecule has 2 aromatic carbocycles. The van der Waals surface area contributed by atoms with Crippen LogP contribution in [0.5, 0.6) is 17.2 Å². The number of rotatable bonds is 9. The van der Waals surface area contributed by atoms with Gasteiger partial charge in [0.25, 0.3) is 5.91 Å². The Balaban J connectivity index is 1.86. The number of carbonyl (C=O) groups is 1. The van der Waals surface area contributed by atoms with Gasteiger partial charge in [-0.2, -0.15) is 5.10 Å². The van der Waals surface area contributed by atoms with Gasteiger partial charge in [-0.15, -0.1) is 0 Å². The third-order valence-corrected chi connectivity index (χ3v) is 4.26. The van der Waals surface area contributed by atoms with Gasteiger partial charge in [0.2, 0.25) is 0 Å². The van der Waals surface area contributed by atoms with E-state index >= 15 is 0 Å². The first-order valence-electron chi connectivity index (χ1n) is 8.84. The summed E-state index contributed by atoms with van der Waals surface area (Å²) in [6.07, 6.45) is 2.58. The molecule has 144 valence electrons. The number of amides is 1. The number of ether oxygens (including phenoxy) is 3. The number of hydrazone groups is 1. The zero-order valence-corrected chi connectivity index (χ0v) is 16.2. The fourth-order valence-corrected chi connectivity index (χ4v) is 2.42. The average Bonchev–Trinajstić information content (AvgIpc) is 2.71. The van der Waals surface area contributed by atoms with E-state index in [1.54, 1.807) is 32.4 Å². The summed E-state index contributed by atoms with van der Waals surface area (Å²) in [6.45, 7) is 4.22. The molecule has 1 amide bonds. The van der Waals surface area contributed by atoms with Crippen LogP contribution in [0.1, 0.15) is 37.3 Å². The van der Waals surface area contributed by atoms with Crippen LogP contribution in [0.2, 0.25) is 0 Å². The Kier molecular flexibility index (Phi) is 7.67. The van der Waals surface area contributed by atoms with Crippen molar-refractivity contribution in [1.82, 2.24) is 5.43 Å². The van der Waals surface area contributed by atoms with Crippen molar-refractivity contribution in [2.45, 2.75) is 26.2 Å². The summed E-state index contributed by atoms with van der Waals surface area (Å²) in [7, 11) is 3.15. The Morgan fingerprint density at radius 1 is 1.11 bits per heavy atom. The minimum absolute atomic E-state index is 0.116. The van der Waals surface area contributed by atoms with Crippen LogP contribution in [0.4, 0.5) is 0 Å². The van der Waals surface area contributed by atoms with E-state index in [1.807, 2.05) is 24.3 Å². The third kappa shape index (κ3) is 6.02. The minimum atomic E-state index is -0.348. The summed E-state index contributed by atoms with van der Waals surface area (Å²) in [5.41, 5.74) is 4.39. The highest BCUT2D eigenvalue weighted by Gasteiger charge is 2.06. The molecule has 0 aliphatic rings. The fraction of sp³-hybridized carbons (Fsp3) is 0.333. The number of nitrogens with zero attached hydrogens (tertiary/aromatic N) is 1. The molecule has 0 aliphatic carbocycles. The van der Waals surface area contributed by atoms with Crippen molar-refractivity contribution < 1.29 is 19.0 Å². The van der Waals surface area contributed by atoms with Gasteiger partial charge in [-0.05, 0) is 48.2 Å². The molecule has 0 heterocycles. The molecular formula is C21H26N2O4. The first kappa shape index (κ1) is 20.3. The molecule has 0 bridgehead atoms. The Bertz CT molecular complexity index is 772. The van der Waals surface area contributed by atoms with E-state index in [0.717, 1.165) is 6.42 Å². The molecule has 6 heteroatoms. The summed E-state index contributed by atoms with van der Waals surface area (Å²) < 4.78 is 15.9. The highest BCUT2D eigenvalue weighted by Crippen LogP contribution is 2.22. The van der Waals surface area contributed by atoms with E-state index in [2.05, 4.69) is 24.4 Å². The summed E-state index contributed by atoms with van der Waals surface area (Å²) in [4.78, 5) is 11.9. The molecule has 0 radical (unpaired) electrons. The lowest BCUT2D eigenvalue weighted by atomic mass is 9.99. The van der Waals surface area contributed by atoms with E-state index in [0.29, 0.717) is 28.7 Å². The van der Waals surface area contributed by atoms with Gasteiger partial charge in [0.1, 0.15) is 17.2 Å². The minimum Gasteiger partial charge on any atom is -0.497 e. The van der Waals surface area contributed by atoms with Gasteiger partial charge < -0.3 is 14.2 Å². The molecule has 1 atom stereocenters. The molecule has 0 saturated heterocycles. The van der Waals surface area contributed by atoms with Crippen molar-refractivity contribution in [3.05, 3.63) is 53.6 Å². The zero-order chi connectivity index (χ0) is 19.6. The molecule has 0 aromatic heterocycles. The van der Waals surface area contributed by atoms with Crippen molar-refractivity contribution in [1.29, 1.82) is 0 Å². The monoisotopic (exact) mass is 370 g/mol. The first-order chi connectivity index (χ1) is 13.1. The van der Waals surface area contributed by atoms with Crippen LogP contribution in [-0.4, -0.2) is 32.9 Å². The van der Waals surface area contributed by atoms with E-state index in [4.69, 9.17) is 14.2 Å². The Morgan fingerprint density at radius 3 is 2.44 bits per heavy atom. The number of methoxy groups -OCH3 is 2. The van der Waals surface area contributed by atoms with Crippen LogP contribution in [-0.2, 0) is 4.79 Å². The smallest absolute Gasteiger partial charge is 0.277 e. The molecule has 2 aromatic rings. The lowest BCUT2D eigenvalue weighted by Crippen LogP contribution is -2.24. The number of carbonyl (C=O) groups excluding carboxylic acids is 1. The predicted molar refractivity (Wildman–Crippen MR) is 106 cm³/mol. The molecule has 6 nitrogen and oxygen atoms in total. The summed E-state index contributed by atoms with van der Waals surface area (Å²) in [5.74, 6) is 2.11. The lowest BCUT2D eigenvalue weighted by Gasteiger charge is -2.10. The second kappa shape index (κ2) is 10.2. The van der Waals surface area contributed by atoms with Crippen LogP contribution in [0.15, 0.2) is 47.6 Å². The maximum Gasteiger partial charge on any atom is 0.277 e. The molecule has 0 aliphatic heterocycles. The zero-order valence-electron chi connectivity index (χ0n) is 16.2. The second-order valence-electron chi connectivity index (χ2n) is 6.07. The fourth-order valence-electron chi connectivity index (χ4n) is 2.42. The largest absolute Gasteiger partial charge is 0.497 e. The van der Waals surface area contributed by atoms with Gasteiger partial charge in [0, 0.05) is 5.56 Å². The summed E-state index contributed by atoms with van der Waals surface area (Å²) >= 11 is 0. The molecule has 0 unspecified atom stereocenters. The van der Waals surface area contributed by atoms with Crippen molar-refractivity contribution >= 4 is 12.1 Å². The maximum atomic E-state index is 11.9. The summed E-state index contributed by atoms with van der Waals surface area (Å²) in [6, 6.07) is 13.1. The second-order valence-corrected chi connectivity index (χ2v) is 6.07. The van der Waals surface area contributed by atoms with Gasteiger partial charge >= 0.3 is 0 Å². The Hall–Kier alpha value is -3.02. The van der Waals surface area contributed by atoms with Crippen molar-refractivity contribution in [2.75, 3.05) is 20.8 Å². The number of hydrogen-bond donors (Lipinski definition) is 1. The highest BCUT2D eigenvalue weighted by atomic mass is 16.5. The maximum absolute atomic E-state index is 11.9. The van der Waals surface area contributed by atoms with Gasteiger partial charge in [0.05, 0.1) is 20.4 Å². The predicted octanol–water partition coefficient (Wildman–Crippen LogP) is 3.75. The standard InChI is InChI=1S/C21H26N2O4/c1-5-15(2)16-6-8-18(9-7-16)27-14-21(24)23-22-13-17-12-19(25-3)10-11-20(17)26-4/h6-13,15H,5,14H2,1-4H3,(H,23,24)/b22-13+/t15-/m1/s1. The molecular weight excluding hydrogens is 344 g/mol. The van der Waals surface area contributed by atoms with E-state index in [9.17, 15) is 4.79 Å². The normalized spacial score (nSPS) is 11.9. The molecule has 0 spiro atoms. The van der Waals surface area contributed by atoms with Crippen molar-refractivity contribution in [2.24, 2.45) is 5.10 Å².